The molecule has 0 saturated heterocycles. The lowest BCUT2D eigenvalue weighted by Crippen LogP contribution is -1.93. The maximum Gasteiger partial charge on any atom is 0.187 e. The normalized spacial score (nSPS) is 10.7. The molecule has 2 aromatic heterocycles. The van der Waals surface area contributed by atoms with Gasteiger partial charge >= 0.3 is 0 Å². The minimum atomic E-state index is 0.197. The summed E-state index contributed by atoms with van der Waals surface area (Å²) in [5.41, 5.74) is 0.583. The van der Waals surface area contributed by atoms with Crippen LogP contribution in [0.1, 0.15) is 0 Å². The molecule has 0 aliphatic rings. The zero-order valence-corrected chi connectivity index (χ0v) is 8.71. The lowest BCUT2D eigenvalue weighted by Gasteiger charge is -2.00. The summed E-state index contributed by atoms with van der Waals surface area (Å²) in [7, 11) is 0. The van der Waals surface area contributed by atoms with Crippen molar-refractivity contribution in [3.8, 4) is 0 Å². The number of hydrogen-bond donors (Lipinski definition) is 0. The lowest BCUT2D eigenvalue weighted by molar-refractivity contribution is 0.844. The fourth-order valence-corrected chi connectivity index (χ4v) is 1.89. The third kappa shape index (κ3) is 1.36. The highest BCUT2D eigenvalue weighted by atomic mass is 35.5. The average molecular weight is 229 g/mol. The van der Waals surface area contributed by atoms with Crippen LogP contribution >= 0.6 is 23.4 Å². The Bertz CT molecular complexity index is 498. The predicted octanol–water partition coefficient (Wildman–Crippen LogP) is 2.50. The Morgan fingerprint density at radius 2 is 2.43 bits per heavy atom. The van der Waals surface area contributed by atoms with Crippen LogP contribution in [0.4, 0.5) is 5.69 Å². The molecule has 14 heavy (non-hydrogen) atoms. The monoisotopic (exact) mass is 228 g/mol. The fourth-order valence-electron chi connectivity index (χ4n) is 1.11. The standard InChI is InChI=1S/C7H5ClN4OS/c1-14-6-2-5(8)10-7-4(11-13)3-9-12(6)7/h2-3H,1H3. The summed E-state index contributed by atoms with van der Waals surface area (Å²) in [5, 5.41) is 7.93. The molecule has 0 unspecified atom stereocenters. The second-order valence-electron chi connectivity index (χ2n) is 2.48. The largest absolute Gasteiger partial charge is 0.214 e. The second-order valence-corrected chi connectivity index (χ2v) is 3.69. The highest BCUT2D eigenvalue weighted by molar-refractivity contribution is 7.98. The number of rotatable bonds is 2. The second kappa shape index (κ2) is 3.55. The van der Waals surface area contributed by atoms with Crippen LogP contribution in [-0.2, 0) is 0 Å². The molecule has 2 aromatic rings. The van der Waals surface area contributed by atoms with Crippen molar-refractivity contribution in [2.24, 2.45) is 5.18 Å². The van der Waals surface area contributed by atoms with E-state index >= 15 is 0 Å². The van der Waals surface area contributed by atoms with E-state index in [1.807, 2.05) is 6.26 Å². The van der Waals surface area contributed by atoms with Gasteiger partial charge in [-0.2, -0.15) is 5.10 Å². The Kier molecular flexibility index (Phi) is 2.39. The van der Waals surface area contributed by atoms with Crippen molar-refractivity contribution >= 4 is 34.7 Å². The van der Waals surface area contributed by atoms with Crippen LogP contribution in [0.15, 0.2) is 22.5 Å². The Morgan fingerprint density at radius 1 is 1.64 bits per heavy atom. The molecule has 0 amide bonds. The van der Waals surface area contributed by atoms with E-state index in [2.05, 4.69) is 15.3 Å². The maximum absolute atomic E-state index is 10.4. The molecule has 0 bridgehead atoms. The molecule has 0 spiro atoms. The summed E-state index contributed by atoms with van der Waals surface area (Å²) in [5.74, 6) is 0. The van der Waals surface area contributed by atoms with Gasteiger partial charge in [-0.25, -0.2) is 9.50 Å². The Hall–Kier alpha value is -1.14. The molecule has 0 atom stereocenters. The van der Waals surface area contributed by atoms with Gasteiger partial charge in [0.15, 0.2) is 11.3 Å². The minimum absolute atomic E-state index is 0.197. The van der Waals surface area contributed by atoms with E-state index in [0.29, 0.717) is 10.8 Å². The first-order valence-electron chi connectivity index (χ1n) is 3.68. The van der Waals surface area contributed by atoms with Crippen LogP contribution in [0.3, 0.4) is 0 Å². The average Bonchev–Trinajstić information content (AvgIpc) is 2.59. The summed E-state index contributed by atoms with van der Waals surface area (Å²) in [6, 6.07) is 1.68. The van der Waals surface area contributed by atoms with Gasteiger partial charge < -0.3 is 0 Å². The first-order valence-corrected chi connectivity index (χ1v) is 5.28. The third-order valence-corrected chi connectivity index (χ3v) is 2.60. The molecule has 0 aliphatic heterocycles. The van der Waals surface area contributed by atoms with Crippen molar-refractivity contribution in [1.29, 1.82) is 0 Å². The SMILES string of the molecule is CSc1cc(Cl)nc2c(N=O)cnn12. The van der Waals surface area contributed by atoms with Crippen molar-refractivity contribution in [2.75, 3.05) is 6.26 Å². The summed E-state index contributed by atoms with van der Waals surface area (Å²) in [6.07, 6.45) is 3.26. The van der Waals surface area contributed by atoms with Gasteiger partial charge in [-0.05, 0) is 11.4 Å². The van der Waals surface area contributed by atoms with Crippen LogP contribution in [0.25, 0.3) is 5.65 Å². The van der Waals surface area contributed by atoms with E-state index in [1.54, 1.807) is 6.07 Å². The molecule has 0 N–H and O–H groups in total. The van der Waals surface area contributed by atoms with Crippen molar-refractivity contribution in [1.82, 2.24) is 14.6 Å². The molecular weight excluding hydrogens is 224 g/mol. The van der Waals surface area contributed by atoms with Crippen LogP contribution in [0.2, 0.25) is 5.15 Å². The van der Waals surface area contributed by atoms with Gasteiger partial charge in [-0.1, -0.05) is 11.6 Å². The number of hydrogen-bond acceptors (Lipinski definition) is 5. The molecule has 0 aliphatic carbocycles. The van der Waals surface area contributed by atoms with Gasteiger partial charge in [-0.15, -0.1) is 16.7 Å². The van der Waals surface area contributed by atoms with E-state index in [-0.39, 0.29) is 5.69 Å². The number of nitroso groups, excluding NO2 is 1. The molecule has 72 valence electrons. The van der Waals surface area contributed by atoms with Crippen LogP contribution in [0.5, 0.6) is 0 Å². The molecule has 5 nitrogen and oxygen atoms in total. The zero-order valence-electron chi connectivity index (χ0n) is 7.14. The smallest absolute Gasteiger partial charge is 0.187 e. The summed E-state index contributed by atoms with van der Waals surface area (Å²) < 4.78 is 1.54. The van der Waals surface area contributed by atoms with Gasteiger partial charge in [0, 0.05) is 6.07 Å². The predicted molar refractivity (Wildman–Crippen MR) is 55.2 cm³/mol. The number of thioether (sulfide) groups is 1. The molecule has 2 rings (SSSR count). The van der Waals surface area contributed by atoms with Crippen LogP contribution < -0.4 is 0 Å². The van der Waals surface area contributed by atoms with Crippen molar-refractivity contribution in [2.45, 2.75) is 5.03 Å². The molecule has 0 radical (unpaired) electrons. The number of nitrogens with zero attached hydrogens (tertiary/aromatic N) is 4. The minimum Gasteiger partial charge on any atom is -0.214 e. The van der Waals surface area contributed by atoms with E-state index in [9.17, 15) is 4.91 Å². The van der Waals surface area contributed by atoms with Gasteiger partial charge in [0.25, 0.3) is 0 Å². The van der Waals surface area contributed by atoms with E-state index < -0.39 is 0 Å². The van der Waals surface area contributed by atoms with E-state index in [4.69, 9.17) is 11.6 Å². The fraction of sp³-hybridized carbons (Fsp3) is 0.143. The first-order chi connectivity index (χ1) is 6.76. The number of fused-ring (bicyclic) bond motifs is 1. The van der Waals surface area contributed by atoms with Gasteiger partial charge in [0.2, 0.25) is 0 Å². The maximum atomic E-state index is 10.4. The topological polar surface area (TPSA) is 59.6 Å². The molecule has 7 heteroatoms. The molecule has 2 heterocycles. The van der Waals surface area contributed by atoms with Crippen molar-refractivity contribution in [3.63, 3.8) is 0 Å². The van der Waals surface area contributed by atoms with Crippen LogP contribution in [-0.4, -0.2) is 20.9 Å². The summed E-state index contributed by atoms with van der Waals surface area (Å²) in [4.78, 5) is 14.4. The quantitative estimate of drug-likeness (QED) is 0.450. The van der Waals surface area contributed by atoms with Crippen molar-refractivity contribution < 1.29 is 0 Å². The summed E-state index contributed by atoms with van der Waals surface area (Å²) in [6.45, 7) is 0. The molecule has 0 aromatic carbocycles. The highest BCUT2D eigenvalue weighted by Gasteiger charge is 2.10. The van der Waals surface area contributed by atoms with E-state index in [1.165, 1.54) is 22.5 Å². The molecular formula is C7H5ClN4OS. The van der Waals surface area contributed by atoms with Gasteiger partial charge in [0.1, 0.15) is 10.2 Å². The number of aromatic nitrogens is 3. The third-order valence-electron chi connectivity index (χ3n) is 1.70. The zero-order chi connectivity index (χ0) is 10.1. The van der Waals surface area contributed by atoms with E-state index in [0.717, 1.165) is 5.03 Å². The molecule has 0 fully saturated rings. The highest BCUT2D eigenvalue weighted by Crippen LogP contribution is 2.25. The molecule has 0 saturated carbocycles. The first kappa shape index (κ1) is 9.42. The number of halogens is 1. The summed E-state index contributed by atoms with van der Waals surface area (Å²) >= 11 is 7.25. The van der Waals surface area contributed by atoms with Crippen molar-refractivity contribution in [3.05, 3.63) is 22.3 Å². The Balaban J connectivity index is 2.83. The van der Waals surface area contributed by atoms with Gasteiger partial charge in [0.05, 0.1) is 6.20 Å². The Morgan fingerprint density at radius 3 is 3.07 bits per heavy atom. The Labute approximate surface area is 88.4 Å². The lowest BCUT2D eigenvalue weighted by atomic mass is 10.5. The van der Waals surface area contributed by atoms with Gasteiger partial charge in [-0.3, -0.25) is 0 Å². The van der Waals surface area contributed by atoms with Crippen LogP contribution in [0, 0.1) is 4.91 Å².